The summed E-state index contributed by atoms with van der Waals surface area (Å²) in [6.45, 7) is 10.1. The van der Waals surface area contributed by atoms with Crippen molar-refractivity contribution in [2.24, 2.45) is 11.3 Å². The number of nitrogens with one attached hydrogen (secondary N) is 1. The van der Waals surface area contributed by atoms with Crippen molar-refractivity contribution in [3.05, 3.63) is 0 Å². The molecule has 21 heavy (non-hydrogen) atoms. The number of rotatable bonds is 2. The Morgan fingerprint density at radius 2 is 1.95 bits per heavy atom. The van der Waals surface area contributed by atoms with E-state index in [0.29, 0.717) is 0 Å². The molecule has 4 nitrogen and oxygen atoms in total. The van der Waals surface area contributed by atoms with E-state index in [2.05, 4.69) is 5.32 Å². The second-order valence-corrected chi connectivity index (χ2v) is 8.76. The van der Waals surface area contributed by atoms with E-state index in [-0.39, 0.29) is 35.2 Å². The number of carbonyl (C=O) groups is 2. The van der Waals surface area contributed by atoms with Crippen LogP contribution in [0.4, 0.5) is 0 Å². The molecule has 1 N–H and O–H groups in total. The minimum absolute atomic E-state index is 0.0140. The lowest BCUT2D eigenvalue weighted by Gasteiger charge is -2.48. The highest BCUT2D eigenvalue weighted by Crippen LogP contribution is 2.32. The van der Waals surface area contributed by atoms with Crippen molar-refractivity contribution in [2.75, 3.05) is 11.5 Å². The predicted octanol–water partition coefficient (Wildman–Crippen LogP) is 2.28. The summed E-state index contributed by atoms with van der Waals surface area (Å²) in [6.07, 6.45) is 2.15. The first-order chi connectivity index (χ1) is 9.73. The van der Waals surface area contributed by atoms with Gasteiger partial charge < -0.3 is 10.2 Å². The Balaban J connectivity index is 2.32. The van der Waals surface area contributed by atoms with Gasteiger partial charge in [0.05, 0.1) is 0 Å². The fraction of sp³-hybridized carbons (Fsp3) is 0.875. The Labute approximate surface area is 132 Å². The summed E-state index contributed by atoms with van der Waals surface area (Å²) < 4.78 is 0. The molecule has 0 aliphatic carbocycles. The molecular weight excluding hydrogens is 284 g/mol. The van der Waals surface area contributed by atoms with Gasteiger partial charge in [-0.1, -0.05) is 34.6 Å². The Morgan fingerprint density at radius 1 is 1.29 bits per heavy atom. The first kappa shape index (κ1) is 16.7. The average Bonchev–Trinajstić information content (AvgIpc) is 2.39. The van der Waals surface area contributed by atoms with Crippen LogP contribution >= 0.6 is 11.8 Å². The molecular formula is C16H28N2O2S. The Kier molecular flexibility index (Phi) is 4.91. The van der Waals surface area contributed by atoms with Crippen molar-refractivity contribution in [1.29, 1.82) is 0 Å². The molecule has 0 spiro atoms. The zero-order valence-electron chi connectivity index (χ0n) is 13.8. The molecule has 0 aromatic rings. The summed E-state index contributed by atoms with van der Waals surface area (Å²) in [6, 6.07) is -0.522. The first-order valence-corrected chi connectivity index (χ1v) is 9.09. The lowest BCUT2D eigenvalue weighted by molar-refractivity contribution is -0.157. The molecule has 2 amide bonds. The van der Waals surface area contributed by atoms with Crippen LogP contribution in [0.2, 0.25) is 0 Å². The van der Waals surface area contributed by atoms with Crippen molar-refractivity contribution in [1.82, 2.24) is 10.2 Å². The van der Waals surface area contributed by atoms with Crippen molar-refractivity contribution < 1.29 is 9.59 Å². The smallest absolute Gasteiger partial charge is 0.246 e. The van der Waals surface area contributed by atoms with Gasteiger partial charge in [-0.15, -0.1) is 0 Å². The number of nitrogens with zero attached hydrogens (tertiary/aromatic N) is 1. The molecule has 3 unspecified atom stereocenters. The minimum Gasteiger partial charge on any atom is -0.342 e. The van der Waals surface area contributed by atoms with Crippen LogP contribution in [0.15, 0.2) is 0 Å². The zero-order valence-corrected chi connectivity index (χ0v) is 14.6. The maximum absolute atomic E-state index is 13.0. The second-order valence-electron chi connectivity index (χ2n) is 7.61. The number of piperazine rings is 1. The van der Waals surface area contributed by atoms with Crippen LogP contribution < -0.4 is 5.32 Å². The summed E-state index contributed by atoms with van der Waals surface area (Å²) in [5.41, 5.74) is -0.255. The number of carbonyl (C=O) groups excluding carboxylic acids is 2. The van der Waals surface area contributed by atoms with Crippen LogP contribution in [0.1, 0.15) is 47.5 Å². The highest BCUT2D eigenvalue weighted by atomic mass is 32.2. The number of hydrogen-bond acceptors (Lipinski definition) is 3. The van der Waals surface area contributed by atoms with E-state index in [4.69, 9.17) is 0 Å². The normalized spacial score (nSPS) is 31.5. The van der Waals surface area contributed by atoms with Crippen LogP contribution in [0.3, 0.4) is 0 Å². The van der Waals surface area contributed by atoms with E-state index in [1.807, 2.05) is 51.3 Å². The maximum atomic E-state index is 13.0. The predicted molar refractivity (Wildman–Crippen MR) is 87.2 cm³/mol. The molecule has 0 saturated carbocycles. The van der Waals surface area contributed by atoms with Crippen molar-refractivity contribution in [3.8, 4) is 0 Å². The molecule has 0 bridgehead atoms. The van der Waals surface area contributed by atoms with Gasteiger partial charge in [0.15, 0.2) is 0 Å². The maximum Gasteiger partial charge on any atom is 0.246 e. The minimum atomic E-state index is -0.410. The van der Waals surface area contributed by atoms with Gasteiger partial charge >= 0.3 is 0 Å². The third-order valence-electron chi connectivity index (χ3n) is 4.38. The second kappa shape index (κ2) is 6.19. The Hall–Kier alpha value is -0.710. The molecule has 2 fully saturated rings. The summed E-state index contributed by atoms with van der Waals surface area (Å²) in [5.74, 6) is 2.38. The third-order valence-corrected chi connectivity index (χ3v) is 5.58. The highest BCUT2D eigenvalue weighted by Gasteiger charge is 2.48. The molecule has 2 rings (SSSR count). The summed E-state index contributed by atoms with van der Waals surface area (Å²) in [7, 11) is 0. The van der Waals surface area contributed by atoms with E-state index < -0.39 is 6.04 Å². The van der Waals surface area contributed by atoms with Gasteiger partial charge in [0, 0.05) is 11.8 Å². The van der Waals surface area contributed by atoms with E-state index in [9.17, 15) is 9.59 Å². The molecule has 120 valence electrons. The van der Waals surface area contributed by atoms with E-state index in [0.717, 1.165) is 18.6 Å². The molecule has 2 heterocycles. The van der Waals surface area contributed by atoms with Crippen molar-refractivity contribution >= 4 is 23.6 Å². The fourth-order valence-corrected chi connectivity index (χ4v) is 4.40. The summed E-state index contributed by atoms with van der Waals surface area (Å²) in [5, 5.41) is 2.97. The van der Waals surface area contributed by atoms with Crippen molar-refractivity contribution in [3.63, 3.8) is 0 Å². The zero-order chi connectivity index (χ0) is 15.8. The molecule has 2 saturated heterocycles. The standard InChI is InChI=1S/C16H28N2O2S/c1-10(2)12-14(19)17-13(16(3,4)5)15(20)18(12)11-7-6-8-21-9-11/h10-13H,6-9H2,1-5H3,(H,17,19). The molecule has 0 aromatic carbocycles. The third kappa shape index (κ3) is 3.38. The van der Waals surface area contributed by atoms with E-state index in [1.165, 1.54) is 5.75 Å². The Morgan fingerprint density at radius 3 is 2.43 bits per heavy atom. The lowest BCUT2D eigenvalue weighted by atomic mass is 9.82. The van der Waals surface area contributed by atoms with Gasteiger partial charge in [0.1, 0.15) is 12.1 Å². The molecule has 0 aromatic heterocycles. The summed E-state index contributed by atoms with van der Waals surface area (Å²) in [4.78, 5) is 27.5. The van der Waals surface area contributed by atoms with Crippen LogP contribution in [0, 0.1) is 11.3 Å². The van der Waals surface area contributed by atoms with E-state index in [1.54, 1.807) is 0 Å². The van der Waals surface area contributed by atoms with Gasteiger partial charge in [0.2, 0.25) is 11.8 Å². The fourth-order valence-electron chi connectivity index (χ4n) is 3.26. The topological polar surface area (TPSA) is 49.4 Å². The average molecular weight is 312 g/mol. The lowest BCUT2D eigenvalue weighted by Crippen LogP contribution is -2.70. The SMILES string of the molecule is CC(C)C1C(=O)NC(C(C)(C)C)C(=O)N1C1CCCSC1. The van der Waals surface area contributed by atoms with Gasteiger partial charge in [-0.3, -0.25) is 9.59 Å². The quantitative estimate of drug-likeness (QED) is 0.851. The van der Waals surface area contributed by atoms with E-state index >= 15 is 0 Å². The van der Waals surface area contributed by atoms with Crippen molar-refractivity contribution in [2.45, 2.75) is 65.6 Å². The highest BCUT2D eigenvalue weighted by molar-refractivity contribution is 7.99. The number of amides is 2. The molecule has 5 heteroatoms. The molecule has 3 atom stereocenters. The van der Waals surface area contributed by atoms with Gasteiger partial charge in [-0.05, 0) is 29.9 Å². The first-order valence-electron chi connectivity index (χ1n) is 7.93. The van der Waals surface area contributed by atoms with Crippen LogP contribution in [-0.2, 0) is 9.59 Å². The van der Waals surface area contributed by atoms with Gasteiger partial charge in [-0.2, -0.15) is 11.8 Å². The number of hydrogen-bond donors (Lipinski definition) is 1. The molecule has 0 radical (unpaired) electrons. The molecule has 2 aliphatic rings. The van der Waals surface area contributed by atoms with Crippen LogP contribution in [0.25, 0.3) is 0 Å². The van der Waals surface area contributed by atoms with Crippen LogP contribution in [0.5, 0.6) is 0 Å². The number of thioether (sulfide) groups is 1. The van der Waals surface area contributed by atoms with Gasteiger partial charge in [0.25, 0.3) is 0 Å². The summed E-state index contributed by atoms with van der Waals surface area (Å²) >= 11 is 1.90. The Bertz CT molecular complexity index is 411. The molecule has 2 aliphatic heterocycles. The largest absolute Gasteiger partial charge is 0.342 e. The monoisotopic (exact) mass is 312 g/mol. The van der Waals surface area contributed by atoms with Crippen LogP contribution in [-0.4, -0.2) is 46.3 Å². The van der Waals surface area contributed by atoms with Gasteiger partial charge in [-0.25, -0.2) is 0 Å².